The molecule has 0 radical (unpaired) electrons. The zero-order valence-corrected chi connectivity index (χ0v) is 10.6. The normalized spacial score (nSPS) is 10.4. The van der Waals surface area contributed by atoms with E-state index in [1.807, 2.05) is 19.2 Å². The van der Waals surface area contributed by atoms with E-state index < -0.39 is 0 Å². The number of thiophene rings is 1. The van der Waals surface area contributed by atoms with Crippen molar-refractivity contribution >= 4 is 34.3 Å². The van der Waals surface area contributed by atoms with Gasteiger partial charge in [-0.1, -0.05) is 17.7 Å². The first-order valence-electron chi connectivity index (χ1n) is 4.95. The van der Waals surface area contributed by atoms with Gasteiger partial charge >= 0.3 is 0 Å². The van der Waals surface area contributed by atoms with E-state index in [0.717, 1.165) is 17.9 Å². The first-order chi connectivity index (χ1) is 7.66. The Morgan fingerprint density at radius 2 is 2.19 bits per heavy atom. The molecule has 2 nitrogen and oxygen atoms in total. The molecule has 0 bridgehead atoms. The molecule has 0 amide bonds. The van der Waals surface area contributed by atoms with Gasteiger partial charge in [-0.05, 0) is 29.6 Å². The summed E-state index contributed by atoms with van der Waals surface area (Å²) < 4.78 is 0. The van der Waals surface area contributed by atoms with E-state index in [1.54, 1.807) is 17.4 Å². The van der Waals surface area contributed by atoms with Gasteiger partial charge in [0.15, 0.2) is 0 Å². The van der Waals surface area contributed by atoms with Crippen LogP contribution in [0.5, 0.6) is 0 Å². The van der Waals surface area contributed by atoms with Gasteiger partial charge < -0.3 is 10.6 Å². The molecule has 1 aromatic carbocycles. The fraction of sp³-hybridized carbons (Fsp3) is 0.167. The molecule has 1 heterocycles. The first-order valence-corrected chi connectivity index (χ1v) is 6.21. The van der Waals surface area contributed by atoms with Crippen molar-refractivity contribution in [1.29, 1.82) is 0 Å². The summed E-state index contributed by atoms with van der Waals surface area (Å²) in [4.78, 5) is 3.41. The van der Waals surface area contributed by atoms with E-state index in [9.17, 15) is 0 Å². The van der Waals surface area contributed by atoms with Crippen LogP contribution in [0, 0.1) is 0 Å². The van der Waals surface area contributed by atoms with Crippen LogP contribution in [0.1, 0.15) is 4.88 Å². The third-order valence-electron chi connectivity index (χ3n) is 2.38. The highest BCUT2D eigenvalue weighted by atomic mass is 35.5. The quantitative estimate of drug-likeness (QED) is 0.846. The maximum atomic E-state index is 5.96. The van der Waals surface area contributed by atoms with Crippen LogP contribution < -0.4 is 10.6 Å². The predicted molar refractivity (Wildman–Crippen MR) is 72.3 cm³/mol. The Kier molecular flexibility index (Phi) is 3.36. The molecule has 0 unspecified atom stereocenters. The molecule has 0 spiro atoms. The van der Waals surface area contributed by atoms with E-state index in [4.69, 9.17) is 17.3 Å². The monoisotopic (exact) mass is 252 g/mol. The second kappa shape index (κ2) is 4.76. The van der Waals surface area contributed by atoms with Crippen molar-refractivity contribution in [3.63, 3.8) is 0 Å². The van der Waals surface area contributed by atoms with Gasteiger partial charge in [0.25, 0.3) is 0 Å². The Bertz CT molecular complexity index is 468. The molecule has 0 saturated carbocycles. The Hall–Kier alpha value is -1.19. The van der Waals surface area contributed by atoms with Crippen molar-refractivity contribution in [1.82, 2.24) is 0 Å². The van der Waals surface area contributed by atoms with Crippen LogP contribution in [0.3, 0.4) is 0 Å². The van der Waals surface area contributed by atoms with E-state index in [-0.39, 0.29) is 0 Å². The third kappa shape index (κ3) is 2.49. The number of nitrogen functional groups attached to an aromatic ring is 1. The molecule has 84 valence electrons. The standard InChI is InChI=1S/C12H13ClN2S/c1-15(8-10-3-2-6-16-10)12-7-9(13)4-5-11(12)14/h2-7H,8,14H2,1H3. The lowest BCUT2D eigenvalue weighted by Gasteiger charge is -2.20. The lowest BCUT2D eigenvalue weighted by molar-refractivity contribution is 0.942. The zero-order valence-electron chi connectivity index (χ0n) is 8.98. The lowest BCUT2D eigenvalue weighted by Crippen LogP contribution is -2.17. The summed E-state index contributed by atoms with van der Waals surface area (Å²) >= 11 is 7.70. The molecule has 0 aliphatic heterocycles. The average molecular weight is 253 g/mol. The van der Waals surface area contributed by atoms with E-state index in [0.29, 0.717) is 5.02 Å². The molecule has 2 N–H and O–H groups in total. The zero-order chi connectivity index (χ0) is 11.5. The summed E-state index contributed by atoms with van der Waals surface area (Å²) in [6.45, 7) is 0.849. The van der Waals surface area contributed by atoms with Crippen molar-refractivity contribution in [2.45, 2.75) is 6.54 Å². The maximum Gasteiger partial charge on any atom is 0.0615 e. The molecule has 0 saturated heterocycles. The molecule has 0 aliphatic carbocycles. The summed E-state index contributed by atoms with van der Waals surface area (Å²) in [5.41, 5.74) is 7.65. The number of hydrogen-bond donors (Lipinski definition) is 1. The lowest BCUT2D eigenvalue weighted by atomic mass is 10.2. The Balaban J connectivity index is 2.20. The fourth-order valence-corrected chi connectivity index (χ4v) is 2.49. The molecule has 0 aliphatic rings. The van der Waals surface area contributed by atoms with Crippen LogP contribution in [0.4, 0.5) is 11.4 Å². The smallest absolute Gasteiger partial charge is 0.0615 e. The molecular weight excluding hydrogens is 240 g/mol. The fourth-order valence-electron chi connectivity index (χ4n) is 1.57. The number of nitrogens with two attached hydrogens (primary N) is 1. The maximum absolute atomic E-state index is 5.96. The minimum Gasteiger partial charge on any atom is -0.397 e. The van der Waals surface area contributed by atoms with E-state index in [1.165, 1.54) is 4.88 Å². The molecular formula is C12H13ClN2S. The molecule has 4 heteroatoms. The molecule has 1 aromatic heterocycles. The van der Waals surface area contributed by atoms with Crippen molar-refractivity contribution < 1.29 is 0 Å². The summed E-state index contributed by atoms with van der Waals surface area (Å²) in [5.74, 6) is 0. The van der Waals surface area contributed by atoms with Crippen molar-refractivity contribution in [2.75, 3.05) is 17.7 Å². The van der Waals surface area contributed by atoms with Gasteiger partial charge in [0.1, 0.15) is 0 Å². The highest BCUT2D eigenvalue weighted by molar-refractivity contribution is 7.09. The van der Waals surface area contributed by atoms with Crippen LogP contribution in [0.25, 0.3) is 0 Å². The number of benzene rings is 1. The first kappa shape index (κ1) is 11.3. The predicted octanol–water partition coefficient (Wildman–Crippen LogP) is 3.62. The Labute approximate surface area is 104 Å². The third-order valence-corrected chi connectivity index (χ3v) is 3.47. The topological polar surface area (TPSA) is 29.3 Å². The SMILES string of the molecule is CN(Cc1cccs1)c1cc(Cl)ccc1N. The van der Waals surface area contributed by atoms with E-state index >= 15 is 0 Å². The average Bonchev–Trinajstić information content (AvgIpc) is 2.74. The van der Waals surface area contributed by atoms with Gasteiger partial charge in [0.2, 0.25) is 0 Å². The number of halogens is 1. The van der Waals surface area contributed by atoms with Gasteiger partial charge in [-0.15, -0.1) is 11.3 Å². The number of hydrogen-bond acceptors (Lipinski definition) is 3. The highest BCUT2D eigenvalue weighted by Crippen LogP contribution is 2.27. The van der Waals surface area contributed by atoms with Gasteiger partial charge in [0, 0.05) is 16.9 Å². The molecule has 2 rings (SSSR count). The van der Waals surface area contributed by atoms with Gasteiger partial charge in [-0.3, -0.25) is 0 Å². The minimum absolute atomic E-state index is 0.710. The molecule has 0 atom stereocenters. The van der Waals surface area contributed by atoms with Crippen LogP contribution in [-0.2, 0) is 6.54 Å². The van der Waals surface area contributed by atoms with Gasteiger partial charge in [-0.2, -0.15) is 0 Å². The molecule has 16 heavy (non-hydrogen) atoms. The second-order valence-corrected chi connectivity index (χ2v) is 5.11. The summed E-state index contributed by atoms with van der Waals surface area (Å²) in [5, 5.41) is 2.78. The van der Waals surface area contributed by atoms with Crippen LogP contribution >= 0.6 is 22.9 Å². The Morgan fingerprint density at radius 3 is 2.88 bits per heavy atom. The largest absolute Gasteiger partial charge is 0.397 e. The van der Waals surface area contributed by atoms with Crippen LogP contribution in [0.15, 0.2) is 35.7 Å². The van der Waals surface area contributed by atoms with Crippen molar-refractivity contribution in [2.24, 2.45) is 0 Å². The summed E-state index contributed by atoms with van der Waals surface area (Å²) in [6.07, 6.45) is 0. The number of anilines is 2. The highest BCUT2D eigenvalue weighted by Gasteiger charge is 2.07. The molecule has 2 aromatic rings. The summed E-state index contributed by atoms with van der Waals surface area (Å²) in [7, 11) is 2.02. The summed E-state index contributed by atoms with van der Waals surface area (Å²) in [6, 6.07) is 9.70. The van der Waals surface area contributed by atoms with E-state index in [2.05, 4.69) is 22.4 Å². The number of nitrogens with zero attached hydrogens (tertiary/aromatic N) is 1. The second-order valence-electron chi connectivity index (χ2n) is 3.64. The van der Waals surface area contributed by atoms with Crippen molar-refractivity contribution in [3.8, 4) is 0 Å². The number of rotatable bonds is 3. The van der Waals surface area contributed by atoms with Gasteiger partial charge in [0.05, 0.1) is 17.9 Å². The van der Waals surface area contributed by atoms with Crippen LogP contribution in [0.2, 0.25) is 5.02 Å². The van der Waals surface area contributed by atoms with Crippen molar-refractivity contribution in [3.05, 3.63) is 45.6 Å². The van der Waals surface area contributed by atoms with Crippen LogP contribution in [-0.4, -0.2) is 7.05 Å². The Morgan fingerprint density at radius 1 is 1.38 bits per heavy atom. The molecule has 0 fully saturated rings. The minimum atomic E-state index is 0.710. The van der Waals surface area contributed by atoms with Gasteiger partial charge in [-0.25, -0.2) is 0 Å².